The standard InChI is InChI=1S/C32H30O3/c1-23-13-18-27(19-14-23)31(35-32(34)28-20-15-24(2)16-21-28)29(22-17-25-9-5-3-6-10-25)30(33)26-11-7-4-8-12-26/h3-22,29-31,33H,1-2H3/b22-17+/t29-,30-,31+/m1/s1. The Kier molecular flexibility index (Phi) is 7.92. The molecule has 35 heavy (non-hydrogen) atoms. The van der Waals surface area contributed by atoms with E-state index in [0.29, 0.717) is 5.56 Å². The van der Waals surface area contributed by atoms with E-state index in [-0.39, 0.29) is 0 Å². The Morgan fingerprint density at radius 3 is 1.86 bits per heavy atom. The van der Waals surface area contributed by atoms with Gasteiger partial charge in [0.2, 0.25) is 0 Å². The van der Waals surface area contributed by atoms with Gasteiger partial charge in [-0.1, -0.05) is 120 Å². The van der Waals surface area contributed by atoms with Crippen molar-refractivity contribution in [1.29, 1.82) is 0 Å². The average molecular weight is 463 g/mol. The number of carbonyl (C=O) groups excluding carboxylic acids is 1. The molecule has 4 aromatic rings. The molecule has 0 aliphatic heterocycles. The molecule has 176 valence electrons. The average Bonchev–Trinajstić information content (AvgIpc) is 2.90. The zero-order chi connectivity index (χ0) is 24.6. The van der Waals surface area contributed by atoms with Crippen LogP contribution < -0.4 is 0 Å². The molecule has 0 fully saturated rings. The number of carbonyl (C=O) groups is 1. The van der Waals surface area contributed by atoms with Crippen LogP contribution in [0, 0.1) is 19.8 Å². The summed E-state index contributed by atoms with van der Waals surface area (Å²) in [5.41, 5.74) is 5.25. The third-order valence-electron chi connectivity index (χ3n) is 6.09. The van der Waals surface area contributed by atoms with Crippen molar-refractivity contribution in [2.75, 3.05) is 0 Å². The molecular formula is C32H30O3. The molecule has 0 saturated heterocycles. The van der Waals surface area contributed by atoms with Gasteiger partial charge < -0.3 is 9.84 Å². The van der Waals surface area contributed by atoms with E-state index in [1.807, 2.05) is 123 Å². The van der Waals surface area contributed by atoms with E-state index in [9.17, 15) is 9.90 Å². The second-order valence-electron chi connectivity index (χ2n) is 8.81. The molecule has 0 amide bonds. The number of ether oxygens (including phenoxy) is 1. The van der Waals surface area contributed by atoms with E-state index < -0.39 is 24.1 Å². The van der Waals surface area contributed by atoms with Crippen LogP contribution in [0.15, 0.2) is 115 Å². The Labute approximate surface area is 207 Å². The summed E-state index contributed by atoms with van der Waals surface area (Å²) in [6, 6.07) is 34.6. The third kappa shape index (κ3) is 6.34. The largest absolute Gasteiger partial charge is 0.453 e. The minimum atomic E-state index is -0.881. The van der Waals surface area contributed by atoms with E-state index in [2.05, 4.69) is 0 Å². The number of rotatable bonds is 8. The first-order valence-corrected chi connectivity index (χ1v) is 11.8. The lowest BCUT2D eigenvalue weighted by Crippen LogP contribution is -2.24. The maximum Gasteiger partial charge on any atom is 0.338 e. The van der Waals surface area contributed by atoms with Crippen LogP contribution in [0.4, 0.5) is 0 Å². The Bertz CT molecular complexity index is 1240. The fourth-order valence-electron chi connectivity index (χ4n) is 4.03. The Morgan fingerprint density at radius 1 is 0.714 bits per heavy atom. The molecular weight excluding hydrogens is 432 g/mol. The highest BCUT2D eigenvalue weighted by atomic mass is 16.5. The molecule has 0 heterocycles. The molecule has 4 rings (SSSR count). The smallest absolute Gasteiger partial charge is 0.338 e. The Balaban J connectivity index is 1.76. The molecule has 0 bridgehead atoms. The van der Waals surface area contributed by atoms with Gasteiger partial charge in [-0.3, -0.25) is 0 Å². The van der Waals surface area contributed by atoms with Crippen molar-refractivity contribution in [2.24, 2.45) is 5.92 Å². The van der Waals surface area contributed by atoms with Gasteiger partial charge in [-0.15, -0.1) is 0 Å². The van der Waals surface area contributed by atoms with Crippen LogP contribution >= 0.6 is 0 Å². The van der Waals surface area contributed by atoms with Crippen molar-refractivity contribution in [2.45, 2.75) is 26.1 Å². The summed E-state index contributed by atoms with van der Waals surface area (Å²) >= 11 is 0. The van der Waals surface area contributed by atoms with Crippen LogP contribution in [0.1, 0.15) is 50.4 Å². The summed E-state index contributed by atoms with van der Waals surface area (Å²) in [6.07, 6.45) is 2.34. The van der Waals surface area contributed by atoms with E-state index in [1.165, 1.54) is 0 Å². The van der Waals surface area contributed by atoms with Crippen molar-refractivity contribution in [3.8, 4) is 0 Å². The normalized spacial score (nSPS) is 13.8. The quantitative estimate of drug-likeness (QED) is 0.280. The molecule has 3 heteroatoms. The predicted octanol–water partition coefficient (Wildman–Crippen LogP) is 7.26. The van der Waals surface area contributed by atoms with Crippen molar-refractivity contribution >= 4 is 12.0 Å². The van der Waals surface area contributed by atoms with Gasteiger partial charge in [-0.05, 0) is 42.7 Å². The first-order valence-electron chi connectivity index (χ1n) is 11.8. The third-order valence-corrected chi connectivity index (χ3v) is 6.09. The van der Waals surface area contributed by atoms with Gasteiger partial charge in [-0.2, -0.15) is 0 Å². The van der Waals surface area contributed by atoms with Gasteiger partial charge in [-0.25, -0.2) is 4.79 Å². The van der Waals surface area contributed by atoms with E-state index in [4.69, 9.17) is 4.74 Å². The summed E-state index contributed by atoms with van der Waals surface area (Å²) < 4.78 is 6.15. The summed E-state index contributed by atoms with van der Waals surface area (Å²) in [5, 5.41) is 11.5. The van der Waals surface area contributed by atoms with Crippen LogP contribution in [0.5, 0.6) is 0 Å². The maximum absolute atomic E-state index is 13.2. The number of hydrogen-bond donors (Lipinski definition) is 1. The molecule has 0 unspecified atom stereocenters. The molecule has 1 N–H and O–H groups in total. The molecule has 0 aliphatic carbocycles. The molecule has 0 radical (unpaired) electrons. The lowest BCUT2D eigenvalue weighted by atomic mass is 9.86. The topological polar surface area (TPSA) is 46.5 Å². The second kappa shape index (κ2) is 11.5. The SMILES string of the molecule is Cc1ccc(C(=O)O[C@@H](c2ccc(C)cc2)[C@H](/C=C/c2ccccc2)[C@H](O)c2ccccc2)cc1. The second-order valence-corrected chi connectivity index (χ2v) is 8.81. The van der Waals surface area contributed by atoms with Crippen LogP contribution in [0.25, 0.3) is 6.08 Å². The van der Waals surface area contributed by atoms with Gasteiger partial charge >= 0.3 is 5.97 Å². The maximum atomic E-state index is 13.2. The Morgan fingerprint density at radius 2 is 1.26 bits per heavy atom. The van der Waals surface area contributed by atoms with Crippen LogP contribution in [-0.4, -0.2) is 11.1 Å². The molecule has 0 saturated carbocycles. The zero-order valence-corrected chi connectivity index (χ0v) is 20.0. The summed E-state index contributed by atoms with van der Waals surface area (Å²) in [6.45, 7) is 3.99. The summed E-state index contributed by atoms with van der Waals surface area (Å²) in [4.78, 5) is 13.2. The van der Waals surface area contributed by atoms with Crippen molar-refractivity contribution in [3.05, 3.63) is 149 Å². The van der Waals surface area contributed by atoms with Crippen LogP contribution in [-0.2, 0) is 4.74 Å². The number of benzene rings is 4. The highest BCUT2D eigenvalue weighted by Gasteiger charge is 2.32. The predicted molar refractivity (Wildman–Crippen MR) is 141 cm³/mol. The number of hydrogen-bond acceptors (Lipinski definition) is 3. The highest BCUT2D eigenvalue weighted by Crippen LogP contribution is 2.38. The van der Waals surface area contributed by atoms with Gasteiger partial charge in [0.1, 0.15) is 6.10 Å². The minimum Gasteiger partial charge on any atom is -0.453 e. The zero-order valence-electron chi connectivity index (χ0n) is 20.0. The van der Waals surface area contributed by atoms with Crippen LogP contribution in [0.2, 0.25) is 0 Å². The molecule has 3 atom stereocenters. The van der Waals surface area contributed by atoms with Gasteiger partial charge in [0.15, 0.2) is 0 Å². The number of aryl methyl sites for hydroxylation is 2. The molecule has 0 aliphatic rings. The van der Waals surface area contributed by atoms with Gasteiger partial charge in [0, 0.05) is 5.92 Å². The first kappa shape index (κ1) is 24.2. The van der Waals surface area contributed by atoms with E-state index in [1.54, 1.807) is 12.1 Å². The number of aliphatic hydroxyl groups excluding tert-OH is 1. The van der Waals surface area contributed by atoms with Gasteiger partial charge in [0.25, 0.3) is 0 Å². The van der Waals surface area contributed by atoms with Crippen molar-refractivity contribution in [3.63, 3.8) is 0 Å². The molecule has 0 spiro atoms. The minimum absolute atomic E-state index is 0.422. The Hall–Kier alpha value is -3.95. The molecule has 4 aromatic carbocycles. The summed E-state index contributed by atoms with van der Waals surface area (Å²) in [5.74, 6) is -0.941. The van der Waals surface area contributed by atoms with E-state index in [0.717, 1.165) is 27.8 Å². The van der Waals surface area contributed by atoms with Crippen molar-refractivity contribution in [1.82, 2.24) is 0 Å². The molecule has 0 aromatic heterocycles. The van der Waals surface area contributed by atoms with Crippen molar-refractivity contribution < 1.29 is 14.6 Å². The van der Waals surface area contributed by atoms with Gasteiger partial charge in [0.05, 0.1) is 11.7 Å². The van der Waals surface area contributed by atoms with Crippen LogP contribution in [0.3, 0.4) is 0 Å². The lowest BCUT2D eigenvalue weighted by molar-refractivity contribution is -0.00675. The monoisotopic (exact) mass is 462 g/mol. The fourth-order valence-corrected chi connectivity index (χ4v) is 4.03. The molecule has 3 nitrogen and oxygen atoms in total. The highest BCUT2D eigenvalue weighted by molar-refractivity contribution is 5.89. The lowest BCUT2D eigenvalue weighted by Gasteiger charge is -2.29. The van der Waals surface area contributed by atoms with E-state index >= 15 is 0 Å². The summed E-state index contributed by atoms with van der Waals surface area (Å²) in [7, 11) is 0. The fraction of sp³-hybridized carbons (Fsp3) is 0.156. The number of aliphatic hydroxyl groups is 1. The number of esters is 1. The first-order chi connectivity index (χ1) is 17.0.